The Kier molecular flexibility index (Phi) is 5.10. The summed E-state index contributed by atoms with van der Waals surface area (Å²) in [6.07, 6.45) is 0. The second-order valence-corrected chi connectivity index (χ2v) is 6.85. The molecule has 2 aromatic carbocycles. The number of carbonyl (C=O) groups excluding carboxylic acids is 2. The average molecular weight is 379 g/mol. The first-order chi connectivity index (χ1) is 13.6. The van der Waals surface area contributed by atoms with Crippen LogP contribution in [-0.2, 0) is 6.54 Å². The molecule has 0 saturated carbocycles. The van der Waals surface area contributed by atoms with Gasteiger partial charge in [0.05, 0.1) is 0 Å². The Hall–Kier alpha value is -3.16. The Balaban J connectivity index is 1.34. The van der Waals surface area contributed by atoms with Crippen molar-refractivity contribution in [3.8, 4) is 0 Å². The molecular weight excluding hydrogens is 358 g/mol. The van der Waals surface area contributed by atoms with Gasteiger partial charge in [0.15, 0.2) is 5.76 Å². The van der Waals surface area contributed by atoms with Crippen LogP contribution in [0.15, 0.2) is 59.0 Å². The van der Waals surface area contributed by atoms with Gasteiger partial charge in [-0.1, -0.05) is 30.3 Å². The van der Waals surface area contributed by atoms with Crippen LogP contribution >= 0.6 is 0 Å². The minimum atomic E-state index is -0.524. The number of para-hydroxylation sites is 1. The molecule has 0 atom stereocenters. The van der Waals surface area contributed by atoms with Crippen LogP contribution in [0.25, 0.3) is 11.0 Å². The lowest BCUT2D eigenvalue weighted by Crippen LogP contribution is -2.48. The van der Waals surface area contributed by atoms with Crippen molar-refractivity contribution in [1.82, 2.24) is 15.3 Å². The fourth-order valence-electron chi connectivity index (χ4n) is 3.44. The molecule has 7 heteroatoms. The number of benzene rings is 2. The van der Waals surface area contributed by atoms with E-state index in [4.69, 9.17) is 9.62 Å². The highest BCUT2D eigenvalue weighted by Crippen LogP contribution is 2.21. The number of furan rings is 1. The Bertz CT molecular complexity index is 955. The van der Waals surface area contributed by atoms with E-state index < -0.39 is 5.91 Å². The van der Waals surface area contributed by atoms with Crippen LogP contribution in [-0.4, -0.2) is 53.0 Å². The summed E-state index contributed by atoms with van der Waals surface area (Å²) in [5.74, 6) is -0.216. The monoisotopic (exact) mass is 379 g/mol. The van der Waals surface area contributed by atoms with Gasteiger partial charge in [-0.25, -0.2) is 5.48 Å². The quantitative estimate of drug-likeness (QED) is 0.537. The van der Waals surface area contributed by atoms with Crippen molar-refractivity contribution in [2.24, 2.45) is 0 Å². The molecule has 2 N–H and O–H groups in total. The molecule has 28 heavy (non-hydrogen) atoms. The Labute approximate surface area is 162 Å². The number of nitrogens with one attached hydrogen (secondary N) is 1. The van der Waals surface area contributed by atoms with E-state index >= 15 is 0 Å². The van der Waals surface area contributed by atoms with E-state index in [0.717, 1.165) is 36.2 Å². The van der Waals surface area contributed by atoms with Gasteiger partial charge in [0, 0.05) is 43.7 Å². The zero-order chi connectivity index (χ0) is 19.5. The number of carbonyl (C=O) groups is 2. The van der Waals surface area contributed by atoms with E-state index in [2.05, 4.69) is 4.90 Å². The summed E-state index contributed by atoms with van der Waals surface area (Å²) in [6, 6.07) is 16.5. The molecule has 0 bridgehead atoms. The van der Waals surface area contributed by atoms with Crippen LogP contribution in [0.1, 0.15) is 26.5 Å². The molecule has 2 heterocycles. The highest BCUT2D eigenvalue weighted by molar-refractivity contribution is 5.96. The lowest BCUT2D eigenvalue weighted by Gasteiger charge is -2.34. The minimum absolute atomic E-state index is 0.0739. The smallest absolute Gasteiger partial charge is 0.289 e. The van der Waals surface area contributed by atoms with E-state index in [1.165, 1.54) is 0 Å². The maximum Gasteiger partial charge on any atom is 0.289 e. The van der Waals surface area contributed by atoms with Crippen molar-refractivity contribution >= 4 is 22.8 Å². The molecule has 2 amide bonds. The third kappa shape index (κ3) is 3.76. The van der Waals surface area contributed by atoms with Gasteiger partial charge in [0.1, 0.15) is 5.58 Å². The topological polar surface area (TPSA) is 86.0 Å². The van der Waals surface area contributed by atoms with E-state index in [9.17, 15) is 9.59 Å². The van der Waals surface area contributed by atoms with Crippen molar-refractivity contribution in [3.63, 3.8) is 0 Å². The summed E-state index contributed by atoms with van der Waals surface area (Å²) in [5, 5.41) is 9.60. The number of piperazine rings is 1. The zero-order valence-electron chi connectivity index (χ0n) is 15.3. The van der Waals surface area contributed by atoms with Gasteiger partial charge >= 0.3 is 0 Å². The third-order valence-electron chi connectivity index (χ3n) is 5.02. The maximum absolute atomic E-state index is 12.7. The molecule has 0 unspecified atom stereocenters. The fraction of sp³-hybridized carbons (Fsp3) is 0.238. The molecule has 3 aromatic rings. The number of hydroxylamine groups is 1. The molecule has 1 fully saturated rings. The minimum Gasteiger partial charge on any atom is -0.451 e. The standard InChI is InChI=1S/C21H21N3O4/c25-20(22-27)16-7-5-15(6-8-16)14-23-9-11-24(12-10-23)21(26)19-13-17-3-1-2-4-18(17)28-19/h1-8,13,27H,9-12,14H2,(H,22,25). The van der Waals surface area contributed by atoms with E-state index in [-0.39, 0.29) is 5.91 Å². The van der Waals surface area contributed by atoms with Crippen molar-refractivity contribution in [2.75, 3.05) is 26.2 Å². The summed E-state index contributed by atoms with van der Waals surface area (Å²) in [4.78, 5) is 28.2. The van der Waals surface area contributed by atoms with Crippen molar-refractivity contribution in [1.29, 1.82) is 0 Å². The fourth-order valence-corrected chi connectivity index (χ4v) is 3.44. The predicted molar refractivity (Wildman–Crippen MR) is 103 cm³/mol. The predicted octanol–water partition coefficient (Wildman–Crippen LogP) is 2.51. The first-order valence-electron chi connectivity index (χ1n) is 9.17. The summed E-state index contributed by atoms with van der Waals surface area (Å²) >= 11 is 0. The Morgan fingerprint density at radius 2 is 1.71 bits per heavy atom. The van der Waals surface area contributed by atoms with Crippen LogP contribution in [0.3, 0.4) is 0 Å². The maximum atomic E-state index is 12.7. The number of hydrogen-bond donors (Lipinski definition) is 2. The average Bonchev–Trinajstić information content (AvgIpc) is 3.18. The summed E-state index contributed by atoms with van der Waals surface area (Å²) in [7, 11) is 0. The lowest BCUT2D eigenvalue weighted by atomic mass is 10.1. The van der Waals surface area contributed by atoms with Crippen LogP contribution in [0.2, 0.25) is 0 Å². The van der Waals surface area contributed by atoms with Crippen LogP contribution in [0, 0.1) is 0 Å². The van der Waals surface area contributed by atoms with Gasteiger partial charge in [-0.3, -0.25) is 19.7 Å². The summed E-state index contributed by atoms with van der Waals surface area (Å²) in [5.41, 5.74) is 3.83. The molecular formula is C21H21N3O4. The first-order valence-corrected chi connectivity index (χ1v) is 9.17. The van der Waals surface area contributed by atoms with Gasteiger partial charge in [-0.05, 0) is 29.8 Å². The number of hydrogen-bond acceptors (Lipinski definition) is 5. The number of fused-ring (bicyclic) bond motifs is 1. The van der Waals surface area contributed by atoms with E-state index in [1.807, 2.05) is 41.3 Å². The molecule has 1 saturated heterocycles. The van der Waals surface area contributed by atoms with Crippen LogP contribution in [0.4, 0.5) is 0 Å². The number of nitrogens with zero attached hydrogens (tertiary/aromatic N) is 2. The van der Waals surface area contributed by atoms with Gasteiger partial charge < -0.3 is 9.32 Å². The van der Waals surface area contributed by atoms with Crippen molar-refractivity contribution in [3.05, 3.63) is 71.5 Å². The van der Waals surface area contributed by atoms with Crippen LogP contribution in [0.5, 0.6) is 0 Å². The molecule has 4 rings (SSSR count). The molecule has 0 spiro atoms. The normalized spacial score (nSPS) is 15.0. The Morgan fingerprint density at radius 1 is 1.00 bits per heavy atom. The first kappa shape index (κ1) is 18.2. The molecule has 1 aliphatic rings. The van der Waals surface area contributed by atoms with Gasteiger partial charge in [-0.2, -0.15) is 0 Å². The third-order valence-corrected chi connectivity index (χ3v) is 5.02. The van der Waals surface area contributed by atoms with Gasteiger partial charge in [0.2, 0.25) is 0 Å². The van der Waals surface area contributed by atoms with Crippen molar-refractivity contribution < 1.29 is 19.2 Å². The highest BCUT2D eigenvalue weighted by Gasteiger charge is 2.24. The molecule has 144 valence electrons. The van der Waals surface area contributed by atoms with Crippen molar-refractivity contribution in [2.45, 2.75) is 6.54 Å². The zero-order valence-corrected chi connectivity index (χ0v) is 15.3. The van der Waals surface area contributed by atoms with Crippen LogP contribution < -0.4 is 5.48 Å². The molecule has 0 radical (unpaired) electrons. The second-order valence-electron chi connectivity index (χ2n) is 6.85. The van der Waals surface area contributed by atoms with Gasteiger partial charge in [-0.15, -0.1) is 0 Å². The molecule has 1 aliphatic heterocycles. The number of amides is 2. The Morgan fingerprint density at radius 3 is 2.39 bits per heavy atom. The highest BCUT2D eigenvalue weighted by atomic mass is 16.5. The van der Waals surface area contributed by atoms with Gasteiger partial charge in [0.25, 0.3) is 11.8 Å². The molecule has 7 nitrogen and oxygen atoms in total. The molecule has 0 aliphatic carbocycles. The summed E-state index contributed by atoms with van der Waals surface area (Å²) < 4.78 is 5.69. The number of rotatable bonds is 4. The molecule has 1 aromatic heterocycles. The van der Waals surface area contributed by atoms with E-state index in [1.54, 1.807) is 23.7 Å². The lowest BCUT2D eigenvalue weighted by molar-refractivity contribution is 0.0600. The summed E-state index contributed by atoms with van der Waals surface area (Å²) in [6.45, 7) is 3.56. The largest absolute Gasteiger partial charge is 0.451 e. The van der Waals surface area contributed by atoms with E-state index in [0.29, 0.717) is 24.4 Å². The SMILES string of the molecule is O=C(NO)c1ccc(CN2CCN(C(=O)c3cc4ccccc4o3)CC2)cc1. The second kappa shape index (κ2) is 7.84.